The lowest BCUT2D eigenvalue weighted by Crippen LogP contribution is -2.54. The number of hydrogen-bond acceptors (Lipinski definition) is 6. The van der Waals surface area contributed by atoms with Gasteiger partial charge in [0.15, 0.2) is 0 Å². The standard InChI is InChI=1S/C32H35N3O5/c1-39-28-16-26(34-8-10-40-11-9-34)5-2-23(28)15-27-29(36)33-31(38)35(30(27)37)25-6-3-24(4-7-25)32-17-20-12-21(18-32)14-22(13-20)19-32/h2-7,15-16,20-22H,8-14,17-19H2,1H3,(H,33,36,38)/b27-15+. The average molecular weight is 542 g/mol. The van der Waals surface area contributed by atoms with Crippen LogP contribution in [0.5, 0.6) is 5.75 Å². The Morgan fingerprint density at radius 3 is 2.15 bits per heavy atom. The number of amides is 4. The largest absolute Gasteiger partial charge is 0.496 e. The Balaban J connectivity index is 1.15. The Morgan fingerprint density at radius 2 is 1.52 bits per heavy atom. The lowest BCUT2D eigenvalue weighted by atomic mass is 9.48. The fourth-order valence-electron chi connectivity index (χ4n) is 8.31. The SMILES string of the molecule is COc1cc(N2CCOCC2)ccc1/C=C1\C(=O)NC(=O)N(c2ccc(C34CC5CC(CC(C5)C3)C4)cc2)C1=O. The quantitative estimate of drug-likeness (QED) is 0.438. The van der Waals surface area contributed by atoms with Crippen LogP contribution in [0, 0.1) is 17.8 Å². The number of nitrogens with one attached hydrogen (secondary N) is 1. The number of barbiturate groups is 1. The molecule has 8 heteroatoms. The maximum absolute atomic E-state index is 13.6. The second-order valence-corrected chi connectivity index (χ2v) is 12.2. The maximum atomic E-state index is 13.6. The van der Waals surface area contributed by atoms with E-state index in [0.29, 0.717) is 30.2 Å². The van der Waals surface area contributed by atoms with Crippen LogP contribution in [0.1, 0.15) is 49.7 Å². The topological polar surface area (TPSA) is 88.2 Å². The van der Waals surface area contributed by atoms with Gasteiger partial charge in [-0.2, -0.15) is 0 Å². The number of anilines is 2. The number of nitrogens with zero attached hydrogens (tertiary/aromatic N) is 2. The van der Waals surface area contributed by atoms with Gasteiger partial charge < -0.3 is 14.4 Å². The molecule has 208 valence electrons. The summed E-state index contributed by atoms with van der Waals surface area (Å²) in [6.07, 6.45) is 9.37. The van der Waals surface area contributed by atoms with Crippen molar-refractivity contribution in [2.24, 2.45) is 17.8 Å². The summed E-state index contributed by atoms with van der Waals surface area (Å²) in [5.74, 6) is 1.68. The molecule has 4 amide bonds. The summed E-state index contributed by atoms with van der Waals surface area (Å²) < 4.78 is 11.1. The molecule has 8 rings (SSSR count). The van der Waals surface area contributed by atoms with Crippen molar-refractivity contribution >= 4 is 35.3 Å². The Kier molecular flexibility index (Phi) is 6.18. The highest BCUT2D eigenvalue weighted by Gasteiger charge is 2.51. The lowest BCUT2D eigenvalue weighted by Gasteiger charge is -2.57. The van der Waals surface area contributed by atoms with E-state index >= 15 is 0 Å². The highest BCUT2D eigenvalue weighted by atomic mass is 16.5. The van der Waals surface area contributed by atoms with Gasteiger partial charge in [0.2, 0.25) is 0 Å². The summed E-state index contributed by atoms with van der Waals surface area (Å²) in [4.78, 5) is 42.5. The van der Waals surface area contributed by atoms with Crippen LogP contribution in [0.3, 0.4) is 0 Å². The molecule has 2 aliphatic heterocycles. The van der Waals surface area contributed by atoms with Crippen molar-refractivity contribution in [3.8, 4) is 5.75 Å². The Labute approximate surface area is 234 Å². The molecule has 0 radical (unpaired) electrons. The molecule has 2 aromatic carbocycles. The summed E-state index contributed by atoms with van der Waals surface area (Å²) in [7, 11) is 1.56. The monoisotopic (exact) mass is 541 g/mol. The van der Waals surface area contributed by atoms with Crippen LogP contribution in [0.15, 0.2) is 48.0 Å². The van der Waals surface area contributed by atoms with E-state index in [1.54, 1.807) is 7.11 Å². The second kappa shape index (κ2) is 9.77. The number of rotatable bonds is 5. The fourth-order valence-corrected chi connectivity index (χ4v) is 8.31. The van der Waals surface area contributed by atoms with E-state index in [1.807, 2.05) is 30.3 Å². The molecule has 2 aromatic rings. The Hall–Kier alpha value is -3.65. The van der Waals surface area contributed by atoms with Crippen LogP contribution in [-0.2, 0) is 19.7 Å². The van der Waals surface area contributed by atoms with Gasteiger partial charge in [-0.3, -0.25) is 14.9 Å². The van der Waals surface area contributed by atoms with E-state index in [4.69, 9.17) is 9.47 Å². The number of hydrogen-bond donors (Lipinski definition) is 1. The number of carbonyl (C=O) groups excluding carboxylic acids is 3. The van der Waals surface area contributed by atoms with Crippen LogP contribution >= 0.6 is 0 Å². The van der Waals surface area contributed by atoms with Crippen molar-refractivity contribution < 1.29 is 23.9 Å². The number of ether oxygens (including phenoxy) is 2. The van der Waals surface area contributed by atoms with Gasteiger partial charge in [0.25, 0.3) is 11.8 Å². The smallest absolute Gasteiger partial charge is 0.335 e. The molecule has 4 saturated carbocycles. The van der Waals surface area contributed by atoms with Gasteiger partial charge in [0.05, 0.1) is 26.0 Å². The van der Waals surface area contributed by atoms with Gasteiger partial charge in [0.1, 0.15) is 11.3 Å². The Bertz CT molecular complexity index is 1360. The summed E-state index contributed by atoms with van der Waals surface area (Å²) in [5.41, 5.74) is 3.47. The van der Waals surface area contributed by atoms with Crippen LogP contribution in [0.25, 0.3) is 6.08 Å². The van der Waals surface area contributed by atoms with Gasteiger partial charge in [0, 0.05) is 30.4 Å². The molecule has 8 nitrogen and oxygen atoms in total. The number of imide groups is 2. The van der Waals surface area contributed by atoms with E-state index in [2.05, 4.69) is 22.3 Å². The van der Waals surface area contributed by atoms with Gasteiger partial charge in [-0.25, -0.2) is 9.69 Å². The predicted molar refractivity (Wildman–Crippen MR) is 151 cm³/mol. The molecule has 40 heavy (non-hydrogen) atoms. The highest BCUT2D eigenvalue weighted by Crippen LogP contribution is 2.60. The minimum absolute atomic E-state index is 0.109. The predicted octanol–water partition coefficient (Wildman–Crippen LogP) is 4.67. The Morgan fingerprint density at radius 1 is 0.900 bits per heavy atom. The number of methoxy groups -OCH3 is 1. The third kappa shape index (κ3) is 4.29. The molecule has 2 heterocycles. The number of carbonyl (C=O) groups is 3. The number of morpholine rings is 1. The minimum atomic E-state index is -0.732. The third-order valence-corrected chi connectivity index (χ3v) is 9.77. The summed E-state index contributed by atoms with van der Waals surface area (Å²) in [6, 6.07) is 12.8. The van der Waals surface area contributed by atoms with Crippen LogP contribution in [0.2, 0.25) is 0 Å². The first-order valence-corrected chi connectivity index (χ1v) is 14.5. The number of urea groups is 1. The molecule has 6 fully saturated rings. The van der Waals surface area contributed by atoms with Crippen LogP contribution in [-0.4, -0.2) is 51.3 Å². The molecule has 1 N–H and O–H groups in total. The molecular formula is C32H35N3O5. The lowest BCUT2D eigenvalue weighted by molar-refractivity contribution is -0.122. The normalized spacial score (nSPS) is 30.7. The molecule has 0 atom stereocenters. The third-order valence-electron chi connectivity index (χ3n) is 9.77. The van der Waals surface area contributed by atoms with Gasteiger partial charge in [-0.05, 0) is 97.6 Å². The molecule has 4 bridgehead atoms. The average Bonchev–Trinajstić information content (AvgIpc) is 2.95. The first-order chi connectivity index (χ1) is 19.4. The van der Waals surface area contributed by atoms with E-state index in [-0.39, 0.29) is 11.0 Å². The first kappa shape index (κ1) is 25.3. The van der Waals surface area contributed by atoms with Gasteiger partial charge in [-0.1, -0.05) is 12.1 Å². The van der Waals surface area contributed by atoms with Crippen molar-refractivity contribution in [2.45, 2.75) is 43.9 Å². The fraction of sp³-hybridized carbons (Fsp3) is 0.469. The van der Waals surface area contributed by atoms with E-state index in [1.165, 1.54) is 50.2 Å². The zero-order valence-corrected chi connectivity index (χ0v) is 22.9. The number of benzene rings is 2. The molecular weight excluding hydrogens is 506 g/mol. The van der Waals surface area contributed by atoms with Crippen molar-refractivity contribution in [3.05, 3.63) is 59.2 Å². The van der Waals surface area contributed by atoms with Gasteiger partial charge in [-0.15, -0.1) is 0 Å². The second-order valence-electron chi connectivity index (χ2n) is 12.2. The molecule has 0 aromatic heterocycles. The van der Waals surface area contributed by atoms with Gasteiger partial charge >= 0.3 is 6.03 Å². The molecule has 0 spiro atoms. The van der Waals surface area contributed by atoms with Crippen molar-refractivity contribution in [1.29, 1.82) is 0 Å². The molecule has 4 aliphatic carbocycles. The van der Waals surface area contributed by atoms with Crippen LogP contribution in [0.4, 0.5) is 16.2 Å². The van der Waals surface area contributed by atoms with Crippen LogP contribution < -0.4 is 19.9 Å². The molecule has 2 saturated heterocycles. The van der Waals surface area contributed by atoms with E-state index in [9.17, 15) is 14.4 Å². The molecule has 6 aliphatic rings. The summed E-state index contributed by atoms with van der Waals surface area (Å²) >= 11 is 0. The zero-order valence-electron chi connectivity index (χ0n) is 22.9. The van der Waals surface area contributed by atoms with E-state index < -0.39 is 17.8 Å². The zero-order chi connectivity index (χ0) is 27.4. The van der Waals surface area contributed by atoms with E-state index in [0.717, 1.165) is 41.4 Å². The minimum Gasteiger partial charge on any atom is -0.496 e. The highest BCUT2D eigenvalue weighted by molar-refractivity contribution is 6.39. The summed E-state index contributed by atoms with van der Waals surface area (Å²) in [5, 5.41) is 2.35. The first-order valence-electron chi connectivity index (χ1n) is 14.5. The molecule has 0 unspecified atom stereocenters. The summed E-state index contributed by atoms with van der Waals surface area (Å²) in [6.45, 7) is 2.89. The maximum Gasteiger partial charge on any atom is 0.335 e. The van der Waals surface area contributed by atoms with Crippen molar-refractivity contribution in [2.75, 3.05) is 43.2 Å². The van der Waals surface area contributed by atoms with Crippen molar-refractivity contribution in [3.63, 3.8) is 0 Å². The van der Waals surface area contributed by atoms with Crippen molar-refractivity contribution in [1.82, 2.24) is 5.32 Å².